The highest BCUT2D eigenvalue weighted by Crippen LogP contribution is 2.28. The van der Waals surface area contributed by atoms with E-state index in [1.165, 1.54) is 24.3 Å². The zero-order chi connectivity index (χ0) is 20.6. The second-order valence-electron chi connectivity index (χ2n) is 5.66. The van der Waals surface area contributed by atoms with E-state index in [4.69, 9.17) is 0 Å². The van der Waals surface area contributed by atoms with Crippen LogP contribution in [0.4, 0.5) is 0 Å². The number of nitrogens with zero attached hydrogens (tertiary/aromatic N) is 2. The normalized spacial score (nSPS) is 15.3. The molecule has 0 aliphatic rings. The monoisotopic (exact) mass is 448 g/mol. The van der Waals surface area contributed by atoms with Gasteiger partial charge in [-0.05, 0) is 5.56 Å². The van der Waals surface area contributed by atoms with Crippen LogP contribution in [0.15, 0.2) is 30.3 Å². The Morgan fingerprint density at radius 2 is 1.08 bits per heavy atom. The van der Waals surface area contributed by atoms with Crippen LogP contribution in [-0.4, -0.2) is 72.7 Å². The van der Waals surface area contributed by atoms with Gasteiger partial charge in [-0.15, -0.1) is 0 Å². The molecule has 0 saturated carbocycles. The van der Waals surface area contributed by atoms with E-state index >= 15 is 0 Å². The van der Waals surface area contributed by atoms with Crippen molar-refractivity contribution in [2.75, 3.05) is 31.6 Å². The van der Waals surface area contributed by atoms with E-state index in [0.717, 1.165) is 0 Å². The first kappa shape index (κ1) is 23.0. The lowest BCUT2D eigenvalue weighted by atomic mass is 10.1. The Morgan fingerprint density at radius 3 is 1.38 bits per heavy atom. The maximum atomic E-state index is 12.1. The molecule has 0 bridgehead atoms. The molecule has 1 rings (SSSR count). The van der Waals surface area contributed by atoms with Gasteiger partial charge in [-0.1, -0.05) is 37.8 Å². The van der Waals surface area contributed by atoms with Crippen LogP contribution in [0.2, 0.25) is 0 Å². The van der Waals surface area contributed by atoms with Gasteiger partial charge in [-0.3, -0.25) is 0 Å². The van der Waals surface area contributed by atoms with Gasteiger partial charge >= 0.3 is 0 Å². The highest BCUT2D eigenvalue weighted by Gasteiger charge is 2.40. The summed E-state index contributed by atoms with van der Waals surface area (Å²) in [6.45, 7) is -0.929. The van der Waals surface area contributed by atoms with Gasteiger partial charge in [0, 0.05) is 0 Å². The van der Waals surface area contributed by atoms with Crippen molar-refractivity contribution in [2.45, 2.75) is 6.04 Å². The maximum absolute atomic E-state index is 12.1. The SMILES string of the molecule is CS(=O)(=O)N(CC(c1ccccc1)N(S(C)(=O)=O)S(C)(=O)=O)S(C)(=O)=O. The third-order valence-corrected chi connectivity index (χ3v) is 10.00. The van der Waals surface area contributed by atoms with Crippen molar-refractivity contribution in [2.24, 2.45) is 0 Å². The van der Waals surface area contributed by atoms with Crippen LogP contribution in [0.3, 0.4) is 0 Å². The molecular weight excluding hydrogens is 428 g/mol. The minimum atomic E-state index is -4.38. The molecule has 150 valence electrons. The van der Waals surface area contributed by atoms with Gasteiger partial charge in [0.25, 0.3) is 0 Å². The van der Waals surface area contributed by atoms with Crippen molar-refractivity contribution in [3.63, 3.8) is 0 Å². The summed E-state index contributed by atoms with van der Waals surface area (Å²) in [4.78, 5) is 0. The van der Waals surface area contributed by atoms with Gasteiger partial charge in [0.15, 0.2) is 0 Å². The molecule has 0 saturated heterocycles. The van der Waals surface area contributed by atoms with E-state index in [1.807, 2.05) is 0 Å². The molecule has 0 aromatic heterocycles. The average molecular weight is 449 g/mol. The van der Waals surface area contributed by atoms with E-state index in [1.54, 1.807) is 6.07 Å². The summed E-state index contributed by atoms with van der Waals surface area (Å²) in [7, 11) is -17.4. The van der Waals surface area contributed by atoms with Gasteiger partial charge in [0.2, 0.25) is 40.1 Å². The molecule has 1 aromatic carbocycles. The Bertz CT molecular complexity index is 997. The molecule has 0 amide bonds. The quantitative estimate of drug-likeness (QED) is 0.501. The average Bonchev–Trinajstić information content (AvgIpc) is 2.38. The summed E-state index contributed by atoms with van der Waals surface area (Å²) in [6.07, 6.45) is 2.52. The summed E-state index contributed by atoms with van der Waals surface area (Å²) in [5.41, 5.74) is 0.112. The molecule has 14 heteroatoms. The van der Waals surface area contributed by atoms with Gasteiger partial charge < -0.3 is 0 Å². The Labute approximate surface area is 154 Å². The fourth-order valence-corrected chi connectivity index (χ4v) is 8.40. The predicted molar refractivity (Wildman–Crippen MR) is 97.1 cm³/mol. The van der Waals surface area contributed by atoms with Crippen LogP contribution in [-0.2, 0) is 40.1 Å². The van der Waals surface area contributed by atoms with E-state index in [2.05, 4.69) is 0 Å². The minimum Gasteiger partial charge on any atom is -0.212 e. The van der Waals surface area contributed by atoms with Gasteiger partial charge in [-0.2, -0.15) is 0 Å². The van der Waals surface area contributed by atoms with Crippen molar-refractivity contribution in [3.8, 4) is 0 Å². The lowest BCUT2D eigenvalue weighted by Crippen LogP contribution is -2.46. The molecule has 0 N–H and O–H groups in total. The number of hydrogen-bond donors (Lipinski definition) is 0. The molecule has 0 aliphatic carbocycles. The van der Waals surface area contributed by atoms with Crippen LogP contribution in [0.1, 0.15) is 11.6 Å². The number of rotatable bonds is 8. The molecule has 1 atom stereocenters. The third-order valence-electron chi connectivity index (χ3n) is 3.15. The van der Waals surface area contributed by atoms with Gasteiger partial charge in [-0.25, -0.2) is 33.7 Å². The highest BCUT2D eigenvalue weighted by molar-refractivity contribution is 8.04. The second kappa shape index (κ2) is 7.52. The Balaban J connectivity index is 3.73. The fourth-order valence-electron chi connectivity index (χ4n) is 2.34. The molecular formula is C12H20N2O8S4. The first-order valence-electron chi connectivity index (χ1n) is 6.88. The first-order valence-corrected chi connectivity index (χ1v) is 14.3. The lowest BCUT2D eigenvalue weighted by Gasteiger charge is -2.31. The molecule has 0 fully saturated rings. The van der Waals surface area contributed by atoms with Crippen molar-refractivity contribution >= 4 is 40.1 Å². The van der Waals surface area contributed by atoms with Gasteiger partial charge in [0.1, 0.15) is 0 Å². The molecule has 26 heavy (non-hydrogen) atoms. The van der Waals surface area contributed by atoms with Gasteiger partial charge in [0.05, 0.1) is 37.6 Å². The topological polar surface area (TPSA) is 143 Å². The zero-order valence-corrected chi connectivity index (χ0v) is 17.7. The summed E-state index contributed by atoms with van der Waals surface area (Å²) in [6, 6.07) is 5.68. The largest absolute Gasteiger partial charge is 0.224 e. The summed E-state index contributed by atoms with van der Waals surface area (Å²) < 4.78 is 96.2. The lowest BCUT2D eigenvalue weighted by molar-refractivity contribution is 0.388. The van der Waals surface area contributed by atoms with Crippen LogP contribution in [0.5, 0.6) is 0 Å². The van der Waals surface area contributed by atoms with Crippen LogP contribution in [0, 0.1) is 0 Å². The standard InChI is InChI=1S/C12H20N2O8S4/c1-23(15,16)13(24(2,17)18)10-12(11-8-6-5-7-9-11)14(25(3,19)20)26(4,21)22/h5-9,12H,10H2,1-4H3. The van der Waals surface area contributed by atoms with E-state index in [0.29, 0.717) is 25.0 Å². The molecule has 10 nitrogen and oxygen atoms in total. The van der Waals surface area contributed by atoms with Crippen LogP contribution < -0.4 is 0 Å². The molecule has 0 heterocycles. The third kappa shape index (κ3) is 5.99. The first-order chi connectivity index (χ1) is 11.5. The smallest absolute Gasteiger partial charge is 0.212 e. The fraction of sp³-hybridized carbons (Fsp3) is 0.500. The second-order valence-corrected chi connectivity index (χ2v) is 13.7. The predicted octanol–water partition coefficient (Wildman–Crippen LogP) is -0.830. The number of benzene rings is 1. The Morgan fingerprint density at radius 1 is 0.692 bits per heavy atom. The van der Waals surface area contributed by atoms with Crippen LogP contribution >= 0.6 is 0 Å². The van der Waals surface area contributed by atoms with E-state index in [-0.39, 0.29) is 13.0 Å². The van der Waals surface area contributed by atoms with Crippen molar-refractivity contribution in [1.82, 2.24) is 7.42 Å². The zero-order valence-electron chi connectivity index (χ0n) is 14.5. The summed E-state index contributed by atoms with van der Waals surface area (Å²) in [5.74, 6) is 0. The molecule has 1 aromatic rings. The van der Waals surface area contributed by atoms with Crippen LogP contribution in [0.25, 0.3) is 0 Å². The summed E-state index contributed by atoms with van der Waals surface area (Å²) >= 11 is 0. The minimum absolute atomic E-state index is 0.0705. The van der Waals surface area contributed by atoms with Crippen molar-refractivity contribution in [3.05, 3.63) is 35.9 Å². The van der Waals surface area contributed by atoms with E-state index in [9.17, 15) is 33.7 Å². The highest BCUT2D eigenvalue weighted by atomic mass is 32.3. The molecule has 0 radical (unpaired) electrons. The van der Waals surface area contributed by atoms with Crippen molar-refractivity contribution < 1.29 is 33.7 Å². The number of hydrogen-bond acceptors (Lipinski definition) is 8. The molecule has 0 spiro atoms. The summed E-state index contributed by atoms with van der Waals surface area (Å²) in [5, 5.41) is 0. The Kier molecular flexibility index (Phi) is 6.64. The van der Waals surface area contributed by atoms with Crippen molar-refractivity contribution in [1.29, 1.82) is 0 Å². The maximum Gasteiger partial charge on any atom is 0.224 e. The molecule has 1 unspecified atom stereocenters. The van der Waals surface area contributed by atoms with E-state index < -0.39 is 52.7 Å². The number of sulfonamides is 4. The Hall–Kier alpha value is -1.06. The molecule has 0 aliphatic heterocycles.